The third kappa shape index (κ3) is 2.08. The van der Waals surface area contributed by atoms with Gasteiger partial charge in [-0.2, -0.15) is 0 Å². The van der Waals surface area contributed by atoms with Crippen LogP contribution in [0.25, 0.3) is 0 Å². The Morgan fingerprint density at radius 3 is 2.31 bits per heavy atom. The maximum atomic E-state index is 11.0. The Labute approximate surface area is 78.8 Å². The number of benzene rings is 1. The smallest absolute Gasteiger partial charge is 0.0774 e. The van der Waals surface area contributed by atoms with E-state index in [1.807, 2.05) is 6.07 Å². The topological polar surface area (TPSA) is 27.5 Å². The largest absolute Gasteiger partial charge is 0.634 e. The number of hydrogen-bond acceptors (Lipinski definition) is 1. The summed E-state index contributed by atoms with van der Waals surface area (Å²) in [5.41, 5.74) is 1.40. The second-order valence-electron chi connectivity index (χ2n) is 3.72. The Balaban J connectivity index is 2.03. The summed E-state index contributed by atoms with van der Waals surface area (Å²) in [5, 5.41) is 11.5. The van der Waals surface area contributed by atoms with Crippen LogP contribution in [0, 0.1) is 5.21 Å². The summed E-state index contributed by atoms with van der Waals surface area (Å²) in [7, 11) is 0. The Morgan fingerprint density at radius 2 is 1.69 bits per heavy atom. The van der Waals surface area contributed by atoms with Gasteiger partial charge in [0.25, 0.3) is 0 Å². The highest BCUT2D eigenvalue weighted by Crippen LogP contribution is 2.23. The number of quaternary nitrogens is 1. The van der Waals surface area contributed by atoms with Gasteiger partial charge in [-0.15, -0.1) is 0 Å². The van der Waals surface area contributed by atoms with E-state index in [0.717, 1.165) is 25.9 Å². The Kier molecular flexibility index (Phi) is 2.62. The minimum Gasteiger partial charge on any atom is -0.634 e. The van der Waals surface area contributed by atoms with Crippen LogP contribution in [0.15, 0.2) is 30.3 Å². The molecule has 2 heteroatoms. The first-order valence-electron chi connectivity index (χ1n) is 4.93. The first-order valence-corrected chi connectivity index (χ1v) is 4.93. The minimum atomic E-state index is 0.437. The van der Waals surface area contributed by atoms with E-state index in [1.165, 1.54) is 5.56 Å². The van der Waals surface area contributed by atoms with Crippen molar-refractivity contribution in [2.24, 2.45) is 0 Å². The molecule has 1 saturated heterocycles. The van der Waals surface area contributed by atoms with Gasteiger partial charge in [0, 0.05) is 12.8 Å². The van der Waals surface area contributed by atoms with Crippen molar-refractivity contribution in [2.45, 2.75) is 18.8 Å². The van der Waals surface area contributed by atoms with Crippen LogP contribution in [0.5, 0.6) is 0 Å². The molecule has 0 atom stereocenters. The molecule has 0 unspecified atom stereocenters. The van der Waals surface area contributed by atoms with Gasteiger partial charge in [-0.3, -0.25) is 0 Å². The number of rotatable bonds is 1. The van der Waals surface area contributed by atoms with Crippen molar-refractivity contribution in [3.8, 4) is 0 Å². The van der Waals surface area contributed by atoms with Gasteiger partial charge in [0.15, 0.2) is 0 Å². The fourth-order valence-corrected chi connectivity index (χ4v) is 2.00. The Morgan fingerprint density at radius 1 is 1.08 bits per heavy atom. The molecule has 0 spiro atoms. The molecule has 0 amide bonds. The SMILES string of the molecule is [O-][NH+]1CCC(c2ccccc2)CC1. The molecule has 1 fully saturated rings. The molecule has 0 radical (unpaired) electrons. The van der Waals surface area contributed by atoms with E-state index >= 15 is 0 Å². The summed E-state index contributed by atoms with van der Waals surface area (Å²) in [6.45, 7) is 1.55. The van der Waals surface area contributed by atoms with Gasteiger partial charge in [0.1, 0.15) is 0 Å². The predicted molar refractivity (Wildman–Crippen MR) is 52.5 cm³/mol. The maximum absolute atomic E-state index is 11.0. The van der Waals surface area contributed by atoms with E-state index in [9.17, 15) is 5.21 Å². The Bertz CT molecular complexity index is 252. The highest BCUT2D eigenvalue weighted by atomic mass is 16.5. The molecule has 1 aliphatic heterocycles. The molecule has 0 aromatic heterocycles. The number of nitrogens with one attached hydrogen (secondary N) is 1. The first-order chi connectivity index (χ1) is 6.36. The van der Waals surface area contributed by atoms with Gasteiger partial charge in [0.2, 0.25) is 0 Å². The van der Waals surface area contributed by atoms with Crippen molar-refractivity contribution in [1.29, 1.82) is 0 Å². The fourth-order valence-electron chi connectivity index (χ4n) is 2.00. The zero-order chi connectivity index (χ0) is 9.10. The van der Waals surface area contributed by atoms with Crippen LogP contribution in [0.3, 0.4) is 0 Å². The normalized spacial score (nSPS) is 28.7. The molecule has 1 aliphatic rings. The second-order valence-corrected chi connectivity index (χ2v) is 3.72. The lowest BCUT2D eigenvalue weighted by Gasteiger charge is -2.31. The molecule has 1 aromatic rings. The summed E-state index contributed by atoms with van der Waals surface area (Å²) in [6.07, 6.45) is 2.09. The molecular formula is C11H15NO. The van der Waals surface area contributed by atoms with Crippen molar-refractivity contribution < 1.29 is 5.06 Å². The summed E-state index contributed by atoms with van der Waals surface area (Å²) in [6, 6.07) is 10.5. The van der Waals surface area contributed by atoms with E-state index in [4.69, 9.17) is 0 Å². The van der Waals surface area contributed by atoms with Gasteiger partial charge in [-0.1, -0.05) is 30.3 Å². The monoisotopic (exact) mass is 177 g/mol. The zero-order valence-electron chi connectivity index (χ0n) is 7.70. The molecule has 2 nitrogen and oxygen atoms in total. The molecule has 70 valence electrons. The molecular weight excluding hydrogens is 162 g/mol. The third-order valence-electron chi connectivity index (χ3n) is 2.81. The maximum Gasteiger partial charge on any atom is 0.0774 e. The van der Waals surface area contributed by atoms with E-state index in [2.05, 4.69) is 24.3 Å². The number of hydroxylamine groups is 2. The quantitative estimate of drug-likeness (QED) is 0.635. The molecule has 0 bridgehead atoms. The summed E-state index contributed by atoms with van der Waals surface area (Å²) in [5.74, 6) is 0.624. The van der Waals surface area contributed by atoms with Crippen LogP contribution >= 0.6 is 0 Å². The standard InChI is InChI=1S/C11H15NO/c13-12-8-6-11(7-9-12)10-4-2-1-3-5-10/h1-5,11-12H,6-9H2. The summed E-state index contributed by atoms with van der Waals surface area (Å²) in [4.78, 5) is 0. The molecule has 13 heavy (non-hydrogen) atoms. The van der Waals surface area contributed by atoms with Crippen molar-refractivity contribution in [2.75, 3.05) is 13.1 Å². The van der Waals surface area contributed by atoms with Crippen LogP contribution in [0.2, 0.25) is 0 Å². The fraction of sp³-hybridized carbons (Fsp3) is 0.455. The zero-order valence-corrected chi connectivity index (χ0v) is 7.70. The number of hydrogen-bond donors (Lipinski definition) is 1. The molecule has 0 saturated carbocycles. The second kappa shape index (κ2) is 3.90. The van der Waals surface area contributed by atoms with Gasteiger partial charge >= 0.3 is 0 Å². The van der Waals surface area contributed by atoms with Gasteiger partial charge in [-0.25, -0.2) is 0 Å². The lowest BCUT2D eigenvalue weighted by Crippen LogP contribution is -3.08. The van der Waals surface area contributed by atoms with Crippen LogP contribution in [0.4, 0.5) is 0 Å². The summed E-state index contributed by atoms with van der Waals surface area (Å²) >= 11 is 0. The average Bonchev–Trinajstić information content (AvgIpc) is 2.20. The lowest BCUT2D eigenvalue weighted by molar-refractivity contribution is -0.854. The molecule has 2 rings (SSSR count). The Hall–Kier alpha value is -0.860. The predicted octanol–water partition coefficient (Wildman–Crippen LogP) is 0.947. The molecule has 1 aromatic carbocycles. The highest BCUT2D eigenvalue weighted by molar-refractivity contribution is 5.19. The van der Waals surface area contributed by atoms with Crippen molar-refractivity contribution in [3.63, 3.8) is 0 Å². The van der Waals surface area contributed by atoms with Crippen molar-refractivity contribution in [1.82, 2.24) is 0 Å². The highest BCUT2D eigenvalue weighted by Gasteiger charge is 2.18. The van der Waals surface area contributed by atoms with Crippen LogP contribution < -0.4 is 5.06 Å². The van der Waals surface area contributed by atoms with Crippen LogP contribution in [-0.2, 0) is 0 Å². The summed E-state index contributed by atoms with van der Waals surface area (Å²) < 4.78 is 0. The van der Waals surface area contributed by atoms with E-state index in [-0.39, 0.29) is 0 Å². The van der Waals surface area contributed by atoms with Crippen LogP contribution in [-0.4, -0.2) is 13.1 Å². The molecule has 0 aliphatic carbocycles. The molecule has 1 heterocycles. The van der Waals surface area contributed by atoms with E-state index < -0.39 is 0 Å². The first kappa shape index (κ1) is 8.73. The van der Waals surface area contributed by atoms with Crippen molar-refractivity contribution >= 4 is 0 Å². The van der Waals surface area contributed by atoms with Gasteiger partial charge < -0.3 is 10.3 Å². The van der Waals surface area contributed by atoms with Gasteiger partial charge in [0.05, 0.1) is 13.1 Å². The van der Waals surface area contributed by atoms with Crippen LogP contribution in [0.1, 0.15) is 24.3 Å². The number of piperidine rings is 1. The van der Waals surface area contributed by atoms with E-state index in [1.54, 1.807) is 0 Å². The minimum absolute atomic E-state index is 0.437. The van der Waals surface area contributed by atoms with Gasteiger partial charge in [-0.05, 0) is 11.5 Å². The lowest BCUT2D eigenvalue weighted by atomic mass is 9.90. The van der Waals surface area contributed by atoms with Crippen molar-refractivity contribution in [3.05, 3.63) is 41.1 Å². The van der Waals surface area contributed by atoms with E-state index in [0.29, 0.717) is 11.0 Å². The average molecular weight is 177 g/mol. The third-order valence-corrected chi connectivity index (χ3v) is 2.81. The molecule has 1 N–H and O–H groups in total.